The predicted octanol–water partition coefficient (Wildman–Crippen LogP) is 6.81. The molecule has 3 heterocycles. The Hall–Kier alpha value is -5.76. The maximum absolute atomic E-state index is 5.00. The van der Waals surface area contributed by atoms with Crippen LogP contribution in [0, 0.1) is 7.14 Å². The predicted molar refractivity (Wildman–Crippen MR) is 196 cm³/mol. The first-order valence-electron chi connectivity index (χ1n) is 16.7. The number of fused-ring (bicyclic) bond motifs is 6. The zero-order chi connectivity index (χ0) is 33.0. The third-order valence-corrected chi connectivity index (χ3v) is 12.6. The molecule has 10 rings (SSSR count). The van der Waals surface area contributed by atoms with Crippen molar-refractivity contribution in [3.8, 4) is 67.5 Å². The fourth-order valence-corrected chi connectivity index (χ4v) is 10.2. The van der Waals surface area contributed by atoms with Gasteiger partial charge in [0, 0.05) is 0 Å². The molecule has 2 aliphatic rings. The standard InChI is InChI=1S/C45H28IN4/c1-4-13-29(14-5-1)34-20-12-22-41-42(34)36-19-10-11-21-40(36)50(41)33-24-26-38-37(28-33)35-25-23-32(27-39(35)46-38)45-48-43(30-15-6-2-7-16-30)47-44(49-45)31-17-8-3-9-18-31/h1-28H/q-1/p+1. The summed E-state index contributed by atoms with van der Waals surface area (Å²) in [6.07, 6.45) is 0. The number of quaternary nitrogens is 1. The molecule has 0 bridgehead atoms. The van der Waals surface area contributed by atoms with Crippen LogP contribution in [0.25, 0.3) is 67.5 Å². The monoisotopic (exact) mass is 752 g/mol. The zero-order valence-electron chi connectivity index (χ0n) is 26.9. The van der Waals surface area contributed by atoms with E-state index in [1.165, 1.54) is 62.5 Å². The topological polar surface area (TPSA) is 43.1 Å². The fraction of sp³-hybridized carbons (Fsp3) is 0. The van der Waals surface area contributed by atoms with E-state index in [9.17, 15) is 0 Å². The molecule has 4 nitrogen and oxygen atoms in total. The summed E-state index contributed by atoms with van der Waals surface area (Å²) in [4.78, 5) is 16.2. The Labute approximate surface area is 301 Å². The van der Waals surface area contributed by atoms with Crippen LogP contribution >= 0.6 is 0 Å². The van der Waals surface area contributed by atoms with Gasteiger partial charge in [0.1, 0.15) is 0 Å². The van der Waals surface area contributed by atoms with E-state index in [0.717, 1.165) is 16.7 Å². The molecule has 5 heteroatoms. The second-order valence-electron chi connectivity index (χ2n) is 12.5. The van der Waals surface area contributed by atoms with Gasteiger partial charge in [0.2, 0.25) is 0 Å². The fourth-order valence-electron chi connectivity index (χ4n) is 7.25. The Morgan fingerprint density at radius 3 is 1.64 bits per heavy atom. The Morgan fingerprint density at radius 1 is 0.360 bits per heavy atom. The molecule has 8 aromatic rings. The molecule has 0 aliphatic carbocycles. The van der Waals surface area contributed by atoms with Gasteiger partial charge < -0.3 is 0 Å². The van der Waals surface area contributed by atoms with Crippen molar-refractivity contribution < 1.29 is 26.1 Å². The van der Waals surface area contributed by atoms with Crippen LogP contribution in [-0.4, -0.2) is 15.0 Å². The molecule has 2 aliphatic heterocycles. The Morgan fingerprint density at radius 2 is 0.940 bits per heavy atom. The van der Waals surface area contributed by atoms with E-state index in [-0.39, 0.29) is 21.2 Å². The average molecular weight is 753 g/mol. The Bertz CT molecular complexity index is 2510. The van der Waals surface area contributed by atoms with Gasteiger partial charge in [-0.25, -0.2) is 0 Å². The van der Waals surface area contributed by atoms with Crippen LogP contribution in [0.3, 0.4) is 0 Å². The summed E-state index contributed by atoms with van der Waals surface area (Å²) >= 11 is -0.360. The molecule has 1 unspecified atom stereocenters. The zero-order valence-corrected chi connectivity index (χ0v) is 29.0. The molecule has 0 amide bonds. The number of aromatic nitrogens is 3. The van der Waals surface area contributed by atoms with Crippen LogP contribution in [0.1, 0.15) is 0 Å². The third kappa shape index (κ3) is 4.89. The van der Waals surface area contributed by atoms with Crippen LogP contribution in [0.4, 0.5) is 17.1 Å². The first kappa shape index (κ1) is 29.2. The van der Waals surface area contributed by atoms with Gasteiger partial charge in [-0.3, -0.25) is 0 Å². The third-order valence-electron chi connectivity index (χ3n) is 9.56. The molecule has 50 heavy (non-hydrogen) atoms. The van der Waals surface area contributed by atoms with Crippen LogP contribution in [-0.2, 0) is 0 Å². The first-order valence-corrected chi connectivity index (χ1v) is 18.9. The second kappa shape index (κ2) is 12.0. The number of hydrogen-bond donors (Lipinski definition) is 1. The van der Waals surface area contributed by atoms with Gasteiger partial charge in [-0.05, 0) is 0 Å². The van der Waals surface area contributed by atoms with E-state index in [4.69, 9.17) is 15.0 Å². The van der Waals surface area contributed by atoms with E-state index in [0.29, 0.717) is 17.5 Å². The van der Waals surface area contributed by atoms with Gasteiger partial charge in [0.05, 0.1) is 0 Å². The van der Waals surface area contributed by atoms with E-state index in [2.05, 4.69) is 133 Å². The SMILES string of the molecule is c1ccc(-c2nc(-c3ccccc3)nc(-c3ccc4c(c3)[I-]c3ccc([NH+]5c6ccccc6-c6c(-c7ccccc7)cccc65)cc3-4)n2)cc1. The van der Waals surface area contributed by atoms with Gasteiger partial charge >= 0.3 is 303 Å². The average Bonchev–Trinajstić information content (AvgIpc) is 3.73. The van der Waals surface area contributed by atoms with E-state index in [1.807, 2.05) is 36.4 Å². The van der Waals surface area contributed by atoms with E-state index >= 15 is 0 Å². The molecule has 0 saturated carbocycles. The number of benzene rings is 7. The summed E-state index contributed by atoms with van der Waals surface area (Å²) in [5.74, 6) is 2.06. The number of nitrogens with zero attached hydrogens (tertiary/aromatic N) is 3. The van der Waals surface area contributed by atoms with Gasteiger partial charge in [-0.2, -0.15) is 0 Å². The van der Waals surface area contributed by atoms with Gasteiger partial charge in [-0.1, -0.05) is 0 Å². The van der Waals surface area contributed by atoms with Crippen molar-refractivity contribution in [1.82, 2.24) is 15.0 Å². The molecule has 7 aromatic carbocycles. The van der Waals surface area contributed by atoms with Crippen molar-refractivity contribution in [1.29, 1.82) is 0 Å². The second-order valence-corrected chi connectivity index (χ2v) is 15.4. The molecule has 0 spiro atoms. The molecule has 1 N–H and O–H groups in total. The number of halogens is 1. The van der Waals surface area contributed by atoms with Gasteiger partial charge in [-0.15, -0.1) is 0 Å². The summed E-state index contributed by atoms with van der Waals surface area (Å²) in [5, 5.41) is 0. The molecular weight excluding hydrogens is 723 g/mol. The number of para-hydroxylation sites is 1. The summed E-state index contributed by atoms with van der Waals surface area (Å²) in [7, 11) is 0. The summed E-state index contributed by atoms with van der Waals surface area (Å²) in [5.41, 5.74) is 14.7. The van der Waals surface area contributed by atoms with E-state index < -0.39 is 0 Å². The van der Waals surface area contributed by atoms with Crippen molar-refractivity contribution >= 4 is 17.1 Å². The summed E-state index contributed by atoms with van der Waals surface area (Å²) < 4.78 is 2.86. The first-order chi connectivity index (χ1) is 24.8. The number of hydrogen-bond acceptors (Lipinski definition) is 3. The molecule has 236 valence electrons. The van der Waals surface area contributed by atoms with Crippen molar-refractivity contribution in [2.24, 2.45) is 0 Å². The molecule has 0 saturated heterocycles. The maximum atomic E-state index is 5.00. The van der Waals surface area contributed by atoms with Gasteiger partial charge in [0.15, 0.2) is 0 Å². The minimum atomic E-state index is -0.360. The van der Waals surface area contributed by atoms with Crippen molar-refractivity contribution in [3.05, 3.63) is 177 Å². The van der Waals surface area contributed by atoms with Crippen LogP contribution < -0.4 is 26.1 Å². The molecule has 0 radical (unpaired) electrons. The van der Waals surface area contributed by atoms with Crippen LogP contribution in [0.5, 0.6) is 0 Å². The quantitative estimate of drug-likeness (QED) is 0.197. The molecule has 0 fully saturated rings. The summed E-state index contributed by atoms with van der Waals surface area (Å²) in [6.45, 7) is 0. The number of rotatable bonds is 5. The summed E-state index contributed by atoms with van der Waals surface area (Å²) in [6, 6.07) is 60.6. The normalized spacial score (nSPS) is 13.9. The van der Waals surface area contributed by atoms with Gasteiger partial charge in [0.25, 0.3) is 0 Å². The van der Waals surface area contributed by atoms with Crippen LogP contribution in [0.2, 0.25) is 0 Å². The Kier molecular flexibility index (Phi) is 6.99. The van der Waals surface area contributed by atoms with Crippen molar-refractivity contribution in [2.45, 2.75) is 0 Å². The number of nitrogens with one attached hydrogen (secondary N) is 1. The minimum absolute atomic E-state index is 0.360. The van der Waals surface area contributed by atoms with E-state index in [1.54, 1.807) is 0 Å². The van der Waals surface area contributed by atoms with Crippen molar-refractivity contribution in [3.63, 3.8) is 0 Å². The Balaban J connectivity index is 1.06. The van der Waals surface area contributed by atoms with Crippen LogP contribution in [0.15, 0.2) is 170 Å². The molecule has 1 aromatic heterocycles. The molecular formula is C45H29IN4. The van der Waals surface area contributed by atoms with Crippen molar-refractivity contribution in [2.75, 3.05) is 0 Å². The molecule has 1 atom stereocenters.